The molecule has 15 heavy (non-hydrogen) atoms. The van der Waals surface area contributed by atoms with E-state index < -0.39 is 0 Å². The molecule has 0 radical (unpaired) electrons. The maximum absolute atomic E-state index is 11.7. The van der Waals surface area contributed by atoms with E-state index in [2.05, 4.69) is 15.3 Å². The van der Waals surface area contributed by atoms with Gasteiger partial charge >= 0.3 is 0 Å². The molecule has 1 atom stereocenters. The molecule has 4 nitrogen and oxygen atoms in total. The molecular weight excluding hydrogens is 214 g/mol. The Labute approximate surface area is 93.1 Å². The molecule has 0 saturated heterocycles. The highest BCUT2D eigenvalue weighted by Gasteiger charge is 2.32. The predicted octanol–water partition coefficient (Wildman–Crippen LogP) is 2.11. The minimum atomic E-state index is -0.0279. The van der Waals surface area contributed by atoms with E-state index in [1.54, 1.807) is 0 Å². The van der Waals surface area contributed by atoms with Crippen molar-refractivity contribution in [2.24, 2.45) is 11.8 Å². The molecule has 5 heteroatoms. The van der Waals surface area contributed by atoms with Gasteiger partial charge in [0.1, 0.15) is 0 Å². The second kappa shape index (κ2) is 4.14. The van der Waals surface area contributed by atoms with Gasteiger partial charge in [-0.1, -0.05) is 18.5 Å². The van der Waals surface area contributed by atoms with Gasteiger partial charge in [-0.3, -0.25) is 4.79 Å². The van der Waals surface area contributed by atoms with E-state index in [1.165, 1.54) is 12.4 Å². The first-order chi connectivity index (χ1) is 7.18. The van der Waals surface area contributed by atoms with Crippen molar-refractivity contribution in [1.82, 2.24) is 9.97 Å². The predicted molar refractivity (Wildman–Crippen MR) is 57.6 cm³/mol. The zero-order valence-corrected chi connectivity index (χ0v) is 9.16. The third-order valence-electron chi connectivity index (χ3n) is 2.64. The molecule has 1 aliphatic rings. The summed E-state index contributed by atoms with van der Waals surface area (Å²) in [6.45, 7) is 1.93. The number of carbonyl (C=O) groups is 1. The summed E-state index contributed by atoms with van der Waals surface area (Å²) in [4.78, 5) is 19.5. The molecule has 0 bridgehead atoms. The molecule has 2 rings (SSSR count). The molecule has 1 saturated carbocycles. The second-order valence-electron chi connectivity index (χ2n) is 3.81. The van der Waals surface area contributed by atoms with Gasteiger partial charge in [-0.05, 0) is 18.8 Å². The number of hydrogen-bond donors (Lipinski definition) is 1. The number of nitrogens with one attached hydrogen (secondary N) is 1. The van der Waals surface area contributed by atoms with Crippen LogP contribution in [0.15, 0.2) is 12.4 Å². The molecule has 1 unspecified atom stereocenters. The first-order valence-electron chi connectivity index (χ1n) is 4.96. The Morgan fingerprint density at radius 1 is 1.53 bits per heavy atom. The number of carbonyl (C=O) groups excluding carboxylic acids is 1. The number of hydrogen-bond acceptors (Lipinski definition) is 3. The molecule has 0 spiro atoms. The number of halogens is 1. The normalized spacial score (nSPS) is 17.2. The van der Waals surface area contributed by atoms with Crippen LogP contribution >= 0.6 is 11.6 Å². The van der Waals surface area contributed by atoms with E-state index in [4.69, 9.17) is 11.6 Å². The Hall–Kier alpha value is -1.16. The van der Waals surface area contributed by atoms with Crippen molar-refractivity contribution in [3.63, 3.8) is 0 Å². The van der Waals surface area contributed by atoms with Gasteiger partial charge in [0.25, 0.3) is 0 Å². The fourth-order valence-electron chi connectivity index (χ4n) is 1.45. The average molecular weight is 226 g/mol. The van der Waals surface area contributed by atoms with Gasteiger partial charge in [-0.2, -0.15) is 0 Å². The molecule has 80 valence electrons. The summed E-state index contributed by atoms with van der Waals surface area (Å²) in [6, 6.07) is 0. The fourth-order valence-corrected chi connectivity index (χ4v) is 1.60. The zero-order valence-electron chi connectivity index (χ0n) is 8.40. The van der Waals surface area contributed by atoms with Crippen LogP contribution < -0.4 is 5.32 Å². The van der Waals surface area contributed by atoms with E-state index in [1.807, 2.05) is 6.92 Å². The summed E-state index contributed by atoms with van der Waals surface area (Å²) >= 11 is 5.78. The average Bonchev–Trinajstić information content (AvgIpc) is 3.04. The molecule has 1 fully saturated rings. The van der Waals surface area contributed by atoms with Crippen LogP contribution in [0.3, 0.4) is 0 Å². The van der Waals surface area contributed by atoms with Crippen LogP contribution in [-0.4, -0.2) is 15.9 Å². The van der Waals surface area contributed by atoms with E-state index in [0.717, 1.165) is 12.8 Å². The van der Waals surface area contributed by atoms with Gasteiger partial charge < -0.3 is 5.32 Å². The summed E-state index contributed by atoms with van der Waals surface area (Å²) in [6.07, 6.45) is 5.27. The van der Waals surface area contributed by atoms with Crippen LogP contribution in [0.5, 0.6) is 0 Å². The van der Waals surface area contributed by atoms with Crippen LogP contribution in [-0.2, 0) is 4.79 Å². The van der Waals surface area contributed by atoms with Gasteiger partial charge in [-0.25, -0.2) is 9.97 Å². The highest BCUT2D eigenvalue weighted by molar-refractivity contribution is 6.32. The van der Waals surface area contributed by atoms with Gasteiger partial charge in [0.15, 0.2) is 11.0 Å². The molecule has 0 aromatic carbocycles. The molecular formula is C10H12ClN3O. The molecule has 1 amide bonds. The quantitative estimate of drug-likeness (QED) is 0.857. The third kappa shape index (κ3) is 2.45. The largest absolute Gasteiger partial charge is 0.308 e. The van der Waals surface area contributed by atoms with Crippen molar-refractivity contribution in [3.05, 3.63) is 17.5 Å². The van der Waals surface area contributed by atoms with Gasteiger partial charge in [-0.15, -0.1) is 0 Å². The maximum Gasteiger partial charge on any atom is 0.228 e. The molecule has 1 N–H and O–H groups in total. The van der Waals surface area contributed by atoms with Crippen molar-refractivity contribution < 1.29 is 4.79 Å². The zero-order chi connectivity index (χ0) is 10.8. The minimum absolute atomic E-state index is 0.0279. The van der Waals surface area contributed by atoms with Crippen LogP contribution in [0.2, 0.25) is 5.15 Å². The van der Waals surface area contributed by atoms with Crippen molar-refractivity contribution in [2.45, 2.75) is 19.8 Å². The summed E-state index contributed by atoms with van der Waals surface area (Å²) in [5, 5.41) is 2.92. The SMILES string of the molecule is CC(C(=O)Nc1nccnc1Cl)C1CC1. The molecule has 1 heterocycles. The smallest absolute Gasteiger partial charge is 0.228 e. The lowest BCUT2D eigenvalue weighted by Gasteiger charge is -2.10. The van der Waals surface area contributed by atoms with Crippen LogP contribution in [0.25, 0.3) is 0 Å². The summed E-state index contributed by atoms with van der Waals surface area (Å²) in [7, 11) is 0. The summed E-state index contributed by atoms with van der Waals surface area (Å²) in [5.41, 5.74) is 0. The first-order valence-corrected chi connectivity index (χ1v) is 5.33. The monoisotopic (exact) mass is 225 g/mol. The molecule has 0 aliphatic heterocycles. The number of nitrogens with zero attached hydrogens (tertiary/aromatic N) is 2. The summed E-state index contributed by atoms with van der Waals surface area (Å²) < 4.78 is 0. The Balaban J connectivity index is 2.02. The van der Waals surface area contributed by atoms with E-state index in [9.17, 15) is 4.79 Å². The van der Waals surface area contributed by atoms with Crippen LogP contribution in [0.1, 0.15) is 19.8 Å². The van der Waals surface area contributed by atoms with E-state index >= 15 is 0 Å². The molecule has 1 aromatic heterocycles. The van der Waals surface area contributed by atoms with E-state index in [-0.39, 0.29) is 17.0 Å². The Morgan fingerprint density at radius 3 is 2.80 bits per heavy atom. The standard InChI is InChI=1S/C10H12ClN3O/c1-6(7-2-3-7)10(15)14-9-8(11)12-4-5-13-9/h4-7H,2-3H2,1H3,(H,13,14,15). The number of aromatic nitrogens is 2. The van der Waals surface area contributed by atoms with Crippen LogP contribution in [0.4, 0.5) is 5.82 Å². The Bertz CT molecular complexity index is 379. The lowest BCUT2D eigenvalue weighted by molar-refractivity contribution is -0.119. The van der Waals surface area contributed by atoms with Crippen molar-refractivity contribution in [3.8, 4) is 0 Å². The highest BCUT2D eigenvalue weighted by atomic mass is 35.5. The lowest BCUT2D eigenvalue weighted by atomic mass is 10.1. The lowest BCUT2D eigenvalue weighted by Crippen LogP contribution is -2.22. The van der Waals surface area contributed by atoms with Crippen molar-refractivity contribution >= 4 is 23.3 Å². The Morgan fingerprint density at radius 2 is 2.20 bits per heavy atom. The van der Waals surface area contributed by atoms with Crippen LogP contribution in [0, 0.1) is 11.8 Å². The number of amides is 1. The van der Waals surface area contributed by atoms with Gasteiger partial charge in [0.2, 0.25) is 5.91 Å². The van der Waals surface area contributed by atoms with E-state index in [0.29, 0.717) is 11.7 Å². The van der Waals surface area contributed by atoms with Crippen molar-refractivity contribution in [2.75, 3.05) is 5.32 Å². The summed E-state index contributed by atoms with van der Waals surface area (Å²) in [5.74, 6) is 0.875. The topological polar surface area (TPSA) is 54.9 Å². The third-order valence-corrected chi connectivity index (χ3v) is 2.91. The fraction of sp³-hybridized carbons (Fsp3) is 0.500. The van der Waals surface area contributed by atoms with Gasteiger partial charge in [0, 0.05) is 18.3 Å². The number of anilines is 1. The molecule has 1 aliphatic carbocycles. The molecule has 1 aromatic rings. The maximum atomic E-state index is 11.7. The highest BCUT2D eigenvalue weighted by Crippen LogP contribution is 2.37. The van der Waals surface area contributed by atoms with Crippen molar-refractivity contribution in [1.29, 1.82) is 0 Å². The first kappa shape index (κ1) is 10.4. The second-order valence-corrected chi connectivity index (χ2v) is 4.17. The minimum Gasteiger partial charge on any atom is -0.308 e. The Kier molecular flexibility index (Phi) is 2.86. The van der Waals surface area contributed by atoms with Gasteiger partial charge in [0.05, 0.1) is 0 Å². The number of rotatable bonds is 3.